The van der Waals surface area contributed by atoms with Gasteiger partial charge in [0, 0.05) is 5.69 Å². The molecule has 3 amide bonds. The van der Waals surface area contributed by atoms with Gasteiger partial charge in [0.2, 0.25) is 0 Å². The third-order valence-electron chi connectivity index (χ3n) is 5.51. The van der Waals surface area contributed by atoms with Crippen LogP contribution in [0.2, 0.25) is 5.02 Å². The van der Waals surface area contributed by atoms with E-state index in [-0.39, 0.29) is 0 Å². The maximum atomic E-state index is 13.8. The second-order valence-electron chi connectivity index (χ2n) is 7.74. The van der Waals surface area contributed by atoms with Crippen molar-refractivity contribution < 1.29 is 23.1 Å². The molecule has 0 fully saturated rings. The molecular weight excluding hydrogens is 450 g/mol. The molecule has 0 aliphatic rings. The summed E-state index contributed by atoms with van der Waals surface area (Å²) < 4.78 is 33.8. The Morgan fingerprint density at radius 2 is 1.45 bits per heavy atom. The van der Waals surface area contributed by atoms with Crippen LogP contribution in [-0.2, 0) is 0 Å². The summed E-state index contributed by atoms with van der Waals surface area (Å²) in [7, 11) is 0. The lowest BCUT2D eigenvalue weighted by Crippen LogP contribution is -2.35. The van der Waals surface area contributed by atoms with Gasteiger partial charge in [-0.2, -0.15) is 0 Å². The molecule has 3 aromatic carbocycles. The number of nitrogens with one attached hydrogen (secondary N) is 2. The first-order valence-electron chi connectivity index (χ1n) is 10.1. The van der Waals surface area contributed by atoms with Gasteiger partial charge in [-0.15, -0.1) is 0 Å². The van der Waals surface area contributed by atoms with Crippen LogP contribution in [0, 0.1) is 46.3 Å². The van der Waals surface area contributed by atoms with Crippen molar-refractivity contribution in [3.8, 4) is 11.5 Å². The van der Waals surface area contributed by atoms with E-state index in [9.17, 15) is 18.4 Å². The molecule has 0 saturated heterocycles. The molecular formula is C25H23ClF2N2O3. The molecule has 172 valence electrons. The van der Waals surface area contributed by atoms with Gasteiger partial charge in [-0.1, -0.05) is 23.7 Å². The molecule has 0 heterocycles. The summed E-state index contributed by atoms with van der Waals surface area (Å²) in [5.41, 5.74) is 3.57. The van der Waals surface area contributed by atoms with Gasteiger partial charge >= 0.3 is 6.03 Å². The molecule has 2 N–H and O–H groups in total. The number of urea groups is 1. The molecule has 33 heavy (non-hydrogen) atoms. The monoisotopic (exact) mass is 472 g/mol. The highest BCUT2D eigenvalue weighted by Gasteiger charge is 2.22. The molecule has 0 bridgehead atoms. The average molecular weight is 473 g/mol. The van der Waals surface area contributed by atoms with E-state index >= 15 is 0 Å². The summed E-state index contributed by atoms with van der Waals surface area (Å²) in [4.78, 5) is 24.7. The highest BCUT2D eigenvalue weighted by atomic mass is 35.5. The second-order valence-corrected chi connectivity index (χ2v) is 8.15. The topological polar surface area (TPSA) is 67.4 Å². The van der Waals surface area contributed by atoms with Gasteiger partial charge in [-0.05, 0) is 86.7 Å². The fraction of sp³-hybridized carbons (Fsp3) is 0.200. The van der Waals surface area contributed by atoms with Crippen LogP contribution in [0.1, 0.15) is 38.2 Å². The minimum atomic E-state index is -1.18. The number of hydrogen-bond donors (Lipinski definition) is 2. The van der Waals surface area contributed by atoms with Crippen molar-refractivity contribution in [1.82, 2.24) is 5.32 Å². The number of imide groups is 1. The van der Waals surface area contributed by atoms with Crippen molar-refractivity contribution >= 4 is 29.2 Å². The number of rotatable bonds is 4. The molecule has 0 aliphatic heterocycles. The van der Waals surface area contributed by atoms with Crippen molar-refractivity contribution in [1.29, 1.82) is 0 Å². The van der Waals surface area contributed by atoms with E-state index in [1.54, 1.807) is 26.0 Å². The standard InChI is InChI=1S/C25H23ClF2N2O3/c1-12-9-10-20(17(26)11-12)33-23-15(4)13(2)22(14(3)16(23)5)29-25(32)30-24(31)21-18(27)7-6-8-19(21)28/h6-11H,1-5H3,(H2,29,30,31,32). The van der Waals surface area contributed by atoms with Crippen molar-refractivity contribution in [2.24, 2.45) is 0 Å². The third-order valence-corrected chi connectivity index (χ3v) is 5.81. The third kappa shape index (κ3) is 4.98. The van der Waals surface area contributed by atoms with Crippen LogP contribution in [0.4, 0.5) is 19.3 Å². The molecule has 0 unspecified atom stereocenters. The molecule has 5 nitrogen and oxygen atoms in total. The molecule has 0 radical (unpaired) electrons. The normalized spacial score (nSPS) is 10.7. The first-order chi connectivity index (χ1) is 15.5. The summed E-state index contributed by atoms with van der Waals surface area (Å²) in [5, 5.41) is 5.06. The van der Waals surface area contributed by atoms with Crippen LogP contribution in [0.15, 0.2) is 36.4 Å². The smallest absolute Gasteiger partial charge is 0.326 e. The lowest BCUT2D eigenvalue weighted by atomic mass is 9.97. The van der Waals surface area contributed by atoms with Crippen LogP contribution in [-0.4, -0.2) is 11.9 Å². The van der Waals surface area contributed by atoms with Crippen molar-refractivity contribution in [3.63, 3.8) is 0 Å². The van der Waals surface area contributed by atoms with Gasteiger partial charge in [0.05, 0.1) is 5.02 Å². The van der Waals surface area contributed by atoms with E-state index < -0.39 is 29.1 Å². The number of carbonyl (C=O) groups excluding carboxylic acids is 2. The van der Waals surface area contributed by atoms with E-state index in [4.69, 9.17) is 16.3 Å². The van der Waals surface area contributed by atoms with Gasteiger partial charge < -0.3 is 10.1 Å². The minimum absolute atomic E-state index is 0.464. The summed E-state index contributed by atoms with van der Waals surface area (Å²) in [6.45, 7) is 9.18. The molecule has 3 rings (SSSR count). The van der Waals surface area contributed by atoms with Gasteiger partial charge in [0.25, 0.3) is 5.91 Å². The first kappa shape index (κ1) is 24.2. The number of anilines is 1. The predicted molar refractivity (Wildman–Crippen MR) is 124 cm³/mol. The largest absolute Gasteiger partial charge is 0.455 e. The zero-order valence-electron chi connectivity index (χ0n) is 18.8. The average Bonchev–Trinajstić information content (AvgIpc) is 2.74. The zero-order chi connectivity index (χ0) is 24.4. The zero-order valence-corrected chi connectivity index (χ0v) is 19.6. The Labute approximate surface area is 195 Å². The van der Waals surface area contributed by atoms with E-state index in [1.807, 2.05) is 32.2 Å². The van der Waals surface area contributed by atoms with Crippen LogP contribution < -0.4 is 15.4 Å². The Bertz CT molecular complexity index is 1230. The van der Waals surface area contributed by atoms with Crippen molar-refractivity contribution in [2.45, 2.75) is 34.6 Å². The van der Waals surface area contributed by atoms with E-state index in [2.05, 4.69) is 5.32 Å². The lowest BCUT2D eigenvalue weighted by molar-refractivity contribution is 0.0959. The summed E-state index contributed by atoms with van der Waals surface area (Å²) >= 11 is 6.31. The molecule has 0 aliphatic carbocycles. The van der Waals surface area contributed by atoms with Gasteiger partial charge in [0.1, 0.15) is 28.7 Å². The van der Waals surface area contributed by atoms with Crippen LogP contribution in [0.25, 0.3) is 0 Å². The summed E-state index contributed by atoms with van der Waals surface area (Å²) in [5.74, 6) is -2.19. The van der Waals surface area contributed by atoms with Gasteiger partial charge in [-0.25, -0.2) is 13.6 Å². The fourth-order valence-corrected chi connectivity index (χ4v) is 3.72. The summed E-state index contributed by atoms with van der Waals surface area (Å²) in [6, 6.07) is 7.58. The number of aryl methyl sites for hydroxylation is 1. The molecule has 0 saturated carbocycles. The molecule has 8 heteroatoms. The number of benzene rings is 3. The van der Waals surface area contributed by atoms with Crippen LogP contribution in [0.3, 0.4) is 0 Å². The van der Waals surface area contributed by atoms with E-state index in [1.165, 1.54) is 0 Å². The minimum Gasteiger partial charge on any atom is -0.455 e. The van der Waals surface area contributed by atoms with Crippen LogP contribution >= 0.6 is 11.6 Å². The fourth-order valence-electron chi connectivity index (χ4n) is 3.44. The quantitative estimate of drug-likeness (QED) is 0.433. The number of carbonyl (C=O) groups is 2. The maximum absolute atomic E-state index is 13.8. The van der Waals surface area contributed by atoms with Crippen molar-refractivity contribution in [2.75, 3.05) is 5.32 Å². The number of ether oxygens (including phenoxy) is 1. The van der Waals surface area contributed by atoms with Gasteiger partial charge in [0.15, 0.2) is 0 Å². The van der Waals surface area contributed by atoms with E-state index in [0.717, 1.165) is 34.9 Å². The Hall–Kier alpha value is -3.45. The Kier molecular flexibility index (Phi) is 7.03. The van der Waals surface area contributed by atoms with E-state index in [0.29, 0.717) is 33.3 Å². The Morgan fingerprint density at radius 1 is 0.879 bits per heavy atom. The Balaban J connectivity index is 1.87. The summed E-state index contributed by atoms with van der Waals surface area (Å²) in [6.07, 6.45) is 0. The first-order valence-corrected chi connectivity index (χ1v) is 10.5. The molecule has 3 aromatic rings. The number of halogens is 3. The molecule has 0 spiro atoms. The van der Waals surface area contributed by atoms with Crippen LogP contribution in [0.5, 0.6) is 11.5 Å². The molecule has 0 aromatic heterocycles. The number of hydrogen-bond acceptors (Lipinski definition) is 3. The SMILES string of the molecule is Cc1ccc(Oc2c(C)c(C)c(NC(=O)NC(=O)c3c(F)cccc3F)c(C)c2C)c(Cl)c1. The molecule has 0 atom stereocenters. The maximum Gasteiger partial charge on any atom is 0.326 e. The lowest BCUT2D eigenvalue weighted by Gasteiger charge is -2.21. The van der Waals surface area contributed by atoms with Crippen molar-refractivity contribution in [3.05, 3.63) is 86.4 Å². The predicted octanol–water partition coefficient (Wildman–Crippen LogP) is 6.91. The number of amides is 3. The Morgan fingerprint density at radius 3 is 2.00 bits per heavy atom. The second kappa shape index (κ2) is 9.58. The van der Waals surface area contributed by atoms with Gasteiger partial charge in [-0.3, -0.25) is 10.1 Å². The highest BCUT2D eigenvalue weighted by molar-refractivity contribution is 6.32. The highest BCUT2D eigenvalue weighted by Crippen LogP contribution is 2.40.